The molecular formula is C17H28N2O. The van der Waals surface area contributed by atoms with Crippen LogP contribution in [-0.4, -0.2) is 43.8 Å². The second kappa shape index (κ2) is 8.40. The largest absolute Gasteiger partial charge is 0.382 e. The van der Waals surface area contributed by atoms with Gasteiger partial charge in [0.25, 0.3) is 0 Å². The van der Waals surface area contributed by atoms with Crippen molar-refractivity contribution in [3.8, 4) is 0 Å². The molecule has 0 saturated carbocycles. The van der Waals surface area contributed by atoms with Crippen LogP contribution in [0.15, 0.2) is 24.3 Å². The molecule has 1 atom stereocenters. The lowest BCUT2D eigenvalue weighted by Crippen LogP contribution is -2.43. The van der Waals surface area contributed by atoms with Crippen molar-refractivity contribution in [1.82, 2.24) is 10.2 Å². The SMILES string of the molecule is CCOCCCNCC(C)N1CCc2ccccc2C1. The lowest BCUT2D eigenvalue weighted by molar-refractivity contribution is 0.143. The topological polar surface area (TPSA) is 24.5 Å². The first-order valence-corrected chi connectivity index (χ1v) is 7.90. The van der Waals surface area contributed by atoms with E-state index in [0.717, 1.165) is 39.3 Å². The smallest absolute Gasteiger partial charge is 0.0477 e. The summed E-state index contributed by atoms with van der Waals surface area (Å²) in [6, 6.07) is 9.43. The molecule has 3 nitrogen and oxygen atoms in total. The van der Waals surface area contributed by atoms with E-state index in [1.54, 1.807) is 0 Å². The summed E-state index contributed by atoms with van der Waals surface area (Å²) in [6.07, 6.45) is 2.29. The van der Waals surface area contributed by atoms with Gasteiger partial charge in [0.05, 0.1) is 0 Å². The van der Waals surface area contributed by atoms with Gasteiger partial charge in [0.2, 0.25) is 0 Å². The summed E-state index contributed by atoms with van der Waals surface area (Å²) < 4.78 is 5.35. The number of hydrogen-bond donors (Lipinski definition) is 1. The van der Waals surface area contributed by atoms with E-state index >= 15 is 0 Å². The highest BCUT2D eigenvalue weighted by Gasteiger charge is 2.19. The van der Waals surface area contributed by atoms with Crippen molar-refractivity contribution < 1.29 is 4.74 Å². The van der Waals surface area contributed by atoms with Crippen LogP contribution < -0.4 is 5.32 Å². The van der Waals surface area contributed by atoms with Crippen molar-refractivity contribution in [3.05, 3.63) is 35.4 Å². The minimum atomic E-state index is 0.593. The molecule has 1 aromatic carbocycles. The van der Waals surface area contributed by atoms with E-state index in [1.807, 2.05) is 6.92 Å². The van der Waals surface area contributed by atoms with Gasteiger partial charge in [-0.1, -0.05) is 24.3 Å². The molecule has 0 spiro atoms. The third-order valence-corrected chi connectivity index (χ3v) is 4.07. The van der Waals surface area contributed by atoms with E-state index in [-0.39, 0.29) is 0 Å². The van der Waals surface area contributed by atoms with Gasteiger partial charge in [0, 0.05) is 38.9 Å². The fourth-order valence-corrected chi connectivity index (χ4v) is 2.78. The molecule has 0 amide bonds. The number of nitrogens with zero attached hydrogens (tertiary/aromatic N) is 1. The third-order valence-electron chi connectivity index (χ3n) is 4.07. The predicted molar refractivity (Wildman–Crippen MR) is 84.0 cm³/mol. The average Bonchev–Trinajstić information content (AvgIpc) is 2.50. The quantitative estimate of drug-likeness (QED) is 0.738. The lowest BCUT2D eigenvalue weighted by Gasteiger charge is -2.33. The van der Waals surface area contributed by atoms with Crippen molar-refractivity contribution in [2.45, 2.75) is 39.3 Å². The van der Waals surface area contributed by atoms with Crippen LogP contribution in [0, 0.1) is 0 Å². The first-order valence-electron chi connectivity index (χ1n) is 7.90. The molecule has 0 fully saturated rings. The van der Waals surface area contributed by atoms with Gasteiger partial charge in [0.1, 0.15) is 0 Å². The minimum absolute atomic E-state index is 0.593. The van der Waals surface area contributed by atoms with Crippen LogP contribution in [-0.2, 0) is 17.7 Å². The van der Waals surface area contributed by atoms with E-state index in [0.29, 0.717) is 6.04 Å². The Bertz CT molecular complexity index is 394. The van der Waals surface area contributed by atoms with Crippen molar-refractivity contribution >= 4 is 0 Å². The molecule has 1 N–H and O–H groups in total. The summed E-state index contributed by atoms with van der Waals surface area (Å²) in [5.74, 6) is 0. The van der Waals surface area contributed by atoms with Crippen molar-refractivity contribution in [2.75, 3.05) is 32.8 Å². The monoisotopic (exact) mass is 276 g/mol. The molecule has 3 heteroatoms. The maximum Gasteiger partial charge on any atom is 0.0477 e. The first kappa shape index (κ1) is 15.5. The number of hydrogen-bond acceptors (Lipinski definition) is 3. The van der Waals surface area contributed by atoms with Crippen LogP contribution in [0.3, 0.4) is 0 Å². The molecule has 1 aliphatic rings. The molecule has 20 heavy (non-hydrogen) atoms. The second-order valence-corrected chi connectivity index (χ2v) is 5.59. The highest BCUT2D eigenvalue weighted by molar-refractivity contribution is 5.29. The maximum atomic E-state index is 5.35. The normalized spacial score (nSPS) is 16.9. The molecule has 0 aromatic heterocycles. The zero-order chi connectivity index (χ0) is 14.2. The number of ether oxygens (including phenoxy) is 1. The zero-order valence-corrected chi connectivity index (χ0v) is 12.9. The summed E-state index contributed by atoms with van der Waals surface area (Å²) in [6.45, 7) is 10.4. The highest BCUT2D eigenvalue weighted by atomic mass is 16.5. The standard InChI is InChI=1S/C17H28N2O/c1-3-20-12-6-10-18-13-15(2)19-11-9-16-7-4-5-8-17(16)14-19/h4-5,7-8,15,18H,3,6,9-14H2,1-2H3. The fraction of sp³-hybridized carbons (Fsp3) is 0.647. The second-order valence-electron chi connectivity index (χ2n) is 5.59. The maximum absolute atomic E-state index is 5.35. The fourth-order valence-electron chi connectivity index (χ4n) is 2.78. The highest BCUT2D eigenvalue weighted by Crippen LogP contribution is 2.19. The van der Waals surface area contributed by atoms with E-state index in [4.69, 9.17) is 4.74 Å². The Morgan fingerprint density at radius 2 is 2.10 bits per heavy atom. The van der Waals surface area contributed by atoms with Gasteiger partial charge in [-0.25, -0.2) is 0 Å². The van der Waals surface area contributed by atoms with Crippen LogP contribution in [0.5, 0.6) is 0 Å². The zero-order valence-electron chi connectivity index (χ0n) is 12.9. The van der Waals surface area contributed by atoms with Crippen LogP contribution >= 0.6 is 0 Å². The van der Waals surface area contributed by atoms with Gasteiger partial charge >= 0.3 is 0 Å². The molecule has 0 radical (unpaired) electrons. The summed E-state index contributed by atoms with van der Waals surface area (Å²) in [4.78, 5) is 2.58. The van der Waals surface area contributed by atoms with Gasteiger partial charge in [-0.2, -0.15) is 0 Å². The van der Waals surface area contributed by atoms with Crippen molar-refractivity contribution in [1.29, 1.82) is 0 Å². The van der Waals surface area contributed by atoms with Gasteiger partial charge in [0.15, 0.2) is 0 Å². The summed E-state index contributed by atoms with van der Waals surface area (Å²) in [5.41, 5.74) is 3.03. The Hall–Kier alpha value is -0.900. The summed E-state index contributed by atoms with van der Waals surface area (Å²) in [5, 5.41) is 3.54. The molecule has 112 valence electrons. The lowest BCUT2D eigenvalue weighted by atomic mass is 9.99. The van der Waals surface area contributed by atoms with Gasteiger partial charge in [-0.05, 0) is 44.4 Å². The van der Waals surface area contributed by atoms with Crippen molar-refractivity contribution in [2.24, 2.45) is 0 Å². The Kier molecular flexibility index (Phi) is 6.51. The van der Waals surface area contributed by atoms with Crippen LogP contribution in [0.4, 0.5) is 0 Å². The number of benzene rings is 1. The van der Waals surface area contributed by atoms with E-state index in [9.17, 15) is 0 Å². The van der Waals surface area contributed by atoms with Gasteiger partial charge < -0.3 is 10.1 Å². The Labute approximate surface area is 123 Å². The summed E-state index contributed by atoms with van der Waals surface area (Å²) >= 11 is 0. The molecule has 0 saturated heterocycles. The van der Waals surface area contributed by atoms with Gasteiger partial charge in [-0.15, -0.1) is 0 Å². The van der Waals surface area contributed by atoms with E-state index in [1.165, 1.54) is 24.1 Å². The average molecular weight is 276 g/mol. The van der Waals surface area contributed by atoms with Gasteiger partial charge in [-0.3, -0.25) is 4.90 Å². The first-order chi connectivity index (χ1) is 9.81. The minimum Gasteiger partial charge on any atom is -0.382 e. The molecule has 1 heterocycles. The molecule has 2 rings (SSSR count). The molecule has 0 aliphatic carbocycles. The predicted octanol–water partition coefficient (Wildman–Crippen LogP) is 2.45. The third kappa shape index (κ3) is 4.58. The summed E-state index contributed by atoms with van der Waals surface area (Å²) in [7, 11) is 0. The molecule has 1 aliphatic heterocycles. The van der Waals surface area contributed by atoms with Crippen molar-refractivity contribution in [3.63, 3.8) is 0 Å². The molecule has 1 aromatic rings. The Balaban J connectivity index is 1.68. The molecular weight excluding hydrogens is 248 g/mol. The number of nitrogens with one attached hydrogen (secondary N) is 1. The Morgan fingerprint density at radius 1 is 1.30 bits per heavy atom. The van der Waals surface area contributed by atoms with Crippen LogP contribution in [0.25, 0.3) is 0 Å². The van der Waals surface area contributed by atoms with E-state index in [2.05, 4.69) is 41.4 Å². The number of rotatable bonds is 8. The molecule has 1 unspecified atom stereocenters. The Morgan fingerprint density at radius 3 is 2.90 bits per heavy atom. The van der Waals surface area contributed by atoms with Crippen LogP contribution in [0.2, 0.25) is 0 Å². The van der Waals surface area contributed by atoms with E-state index < -0.39 is 0 Å². The number of fused-ring (bicyclic) bond motifs is 1. The molecule has 0 bridgehead atoms. The van der Waals surface area contributed by atoms with Crippen LogP contribution in [0.1, 0.15) is 31.4 Å².